The highest BCUT2D eigenvalue weighted by molar-refractivity contribution is 6.04. The molecule has 0 bridgehead atoms. The van der Waals surface area contributed by atoms with Crippen molar-refractivity contribution in [2.45, 2.75) is 32.2 Å². The van der Waals surface area contributed by atoms with Crippen molar-refractivity contribution in [2.24, 2.45) is 0 Å². The molecular formula is C21H26N2O3. The molecule has 2 aromatic carbocycles. The van der Waals surface area contributed by atoms with Crippen LogP contribution in [0.3, 0.4) is 0 Å². The Kier molecular flexibility index (Phi) is 5.66. The van der Waals surface area contributed by atoms with Gasteiger partial charge in [0.25, 0.3) is 5.91 Å². The van der Waals surface area contributed by atoms with Gasteiger partial charge in [-0.3, -0.25) is 4.79 Å². The highest BCUT2D eigenvalue weighted by Gasteiger charge is 2.18. The lowest BCUT2D eigenvalue weighted by atomic mass is 10.0. The number of piperidine rings is 1. The maximum Gasteiger partial charge on any atom is 0.255 e. The fourth-order valence-electron chi connectivity index (χ4n) is 3.36. The minimum Gasteiger partial charge on any atom is -0.497 e. The Morgan fingerprint density at radius 1 is 1.04 bits per heavy atom. The first-order valence-corrected chi connectivity index (χ1v) is 9.02. The number of methoxy groups -OCH3 is 2. The van der Waals surface area contributed by atoms with Crippen molar-refractivity contribution in [1.82, 2.24) is 0 Å². The molecule has 0 saturated carbocycles. The molecule has 1 saturated heterocycles. The average Bonchev–Trinajstić information content (AvgIpc) is 2.68. The molecule has 0 unspecified atom stereocenters. The van der Waals surface area contributed by atoms with Gasteiger partial charge in [-0.05, 0) is 62.6 Å². The summed E-state index contributed by atoms with van der Waals surface area (Å²) in [6.07, 6.45) is 3.77. The van der Waals surface area contributed by atoms with Gasteiger partial charge in [-0.2, -0.15) is 0 Å². The summed E-state index contributed by atoms with van der Waals surface area (Å²) in [6.45, 7) is 3.36. The van der Waals surface area contributed by atoms with E-state index in [2.05, 4.69) is 29.3 Å². The van der Waals surface area contributed by atoms with Crippen molar-refractivity contribution >= 4 is 17.3 Å². The first-order chi connectivity index (χ1) is 12.6. The molecule has 1 amide bonds. The number of rotatable bonds is 5. The summed E-state index contributed by atoms with van der Waals surface area (Å²) < 4.78 is 10.5. The van der Waals surface area contributed by atoms with Gasteiger partial charge in [-0.25, -0.2) is 0 Å². The molecular weight excluding hydrogens is 328 g/mol. The van der Waals surface area contributed by atoms with Crippen LogP contribution in [0.5, 0.6) is 11.5 Å². The van der Waals surface area contributed by atoms with Gasteiger partial charge in [0.1, 0.15) is 11.5 Å². The maximum atomic E-state index is 12.6. The summed E-state index contributed by atoms with van der Waals surface area (Å²) in [5, 5.41) is 2.93. The van der Waals surface area contributed by atoms with Crippen LogP contribution >= 0.6 is 0 Å². The Balaban J connectivity index is 1.72. The third kappa shape index (κ3) is 4.10. The zero-order chi connectivity index (χ0) is 18.5. The summed E-state index contributed by atoms with van der Waals surface area (Å²) in [4.78, 5) is 15.0. The summed E-state index contributed by atoms with van der Waals surface area (Å²) >= 11 is 0. The molecule has 1 aliphatic heterocycles. The summed E-state index contributed by atoms with van der Waals surface area (Å²) in [6, 6.07) is 13.7. The van der Waals surface area contributed by atoms with E-state index in [1.54, 1.807) is 32.4 Å². The van der Waals surface area contributed by atoms with Gasteiger partial charge < -0.3 is 19.7 Å². The smallest absolute Gasteiger partial charge is 0.255 e. The molecule has 1 aliphatic rings. The third-order valence-electron chi connectivity index (χ3n) is 4.87. The van der Waals surface area contributed by atoms with Gasteiger partial charge in [-0.15, -0.1) is 0 Å². The highest BCUT2D eigenvalue weighted by atomic mass is 16.5. The van der Waals surface area contributed by atoms with Crippen LogP contribution in [0.2, 0.25) is 0 Å². The monoisotopic (exact) mass is 354 g/mol. The van der Waals surface area contributed by atoms with Crippen LogP contribution < -0.4 is 19.7 Å². The van der Waals surface area contributed by atoms with Gasteiger partial charge in [0.2, 0.25) is 0 Å². The number of hydrogen-bond acceptors (Lipinski definition) is 4. The molecule has 1 atom stereocenters. The van der Waals surface area contributed by atoms with Crippen molar-refractivity contribution in [3.63, 3.8) is 0 Å². The zero-order valence-electron chi connectivity index (χ0n) is 15.6. The SMILES string of the molecule is COc1cc(OC)cc(C(=O)Nc2ccc(N3CCCC[C@@H]3C)cc2)c1. The average molecular weight is 354 g/mol. The predicted molar refractivity (Wildman–Crippen MR) is 105 cm³/mol. The van der Waals surface area contributed by atoms with E-state index in [0.29, 0.717) is 23.1 Å². The Morgan fingerprint density at radius 2 is 1.69 bits per heavy atom. The van der Waals surface area contributed by atoms with Crippen LogP contribution in [0.4, 0.5) is 11.4 Å². The number of anilines is 2. The molecule has 26 heavy (non-hydrogen) atoms. The predicted octanol–water partition coefficient (Wildman–Crippen LogP) is 4.33. The van der Waals surface area contributed by atoms with Gasteiger partial charge in [-0.1, -0.05) is 0 Å². The number of ether oxygens (including phenoxy) is 2. The standard InChI is InChI=1S/C21H26N2O3/c1-15-6-4-5-11-23(15)18-9-7-17(8-10-18)22-21(24)16-12-19(25-2)14-20(13-16)26-3/h7-10,12-15H,4-6,11H2,1-3H3,(H,22,24)/t15-/m0/s1. The molecule has 1 fully saturated rings. The molecule has 1 N–H and O–H groups in total. The lowest BCUT2D eigenvalue weighted by molar-refractivity contribution is 0.102. The van der Waals surface area contributed by atoms with E-state index in [9.17, 15) is 4.79 Å². The lowest BCUT2D eigenvalue weighted by Crippen LogP contribution is -2.37. The van der Waals surface area contributed by atoms with Crippen molar-refractivity contribution in [3.8, 4) is 11.5 Å². The van der Waals surface area contributed by atoms with E-state index >= 15 is 0 Å². The molecule has 1 heterocycles. The molecule has 138 valence electrons. The number of hydrogen-bond donors (Lipinski definition) is 1. The first-order valence-electron chi connectivity index (χ1n) is 9.02. The second kappa shape index (κ2) is 8.13. The second-order valence-electron chi connectivity index (χ2n) is 6.64. The molecule has 5 heteroatoms. The van der Waals surface area contributed by atoms with Crippen LogP contribution in [0, 0.1) is 0 Å². The number of amides is 1. The van der Waals surface area contributed by atoms with Crippen molar-refractivity contribution < 1.29 is 14.3 Å². The number of carbonyl (C=O) groups excluding carboxylic acids is 1. The van der Waals surface area contributed by atoms with Crippen LogP contribution in [-0.2, 0) is 0 Å². The topological polar surface area (TPSA) is 50.8 Å². The molecule has 0 aliphatic carbocycles. The van der Waals surface area contributed by atoms with Crippen molar-refractivity contribution in [3.05, 3.63) is 48.0 Å². The minimum absolute atomic E-state index is 0.193. The van der Waals surface area contributed by atoms with E-state index in [1.165, 1.54) is 24.9 Å². The van der Waals surface area contributed by atoms with Gasteiger partial charge >= 0.3 is 0 Å². The fourth-order valence-corrected chi connectivity index (χ4v) is 3.36. The minimum atomic E-state index is -0.193. The number of nitrogens with zero attached hydrogens (tertiary/aromatic N) is 1. The van der Waals surface area contributed by atoms with Gasteiger partial charge in [0.15, 0.2) is 0 Å². The van der Waals surface area contributed by atoms with Gasteiger partial charge in [0, 0.05) is 35.6 Å². The van der Waals surface area contributed by atoms with Gasteiger partial charge in [0.05, 0.1) is 14.2 Å². The van der Waals surface area contributed by atoms with E-state index in [0.717, 1.165) is 12.2 Å². The lowest BCUT2D eigenvalue weighted by Gasteiger charge is -2.35. The molecule has 5 nitrogen and oxygen atoms in total. The van der Waals surface area contributed by atoms with E-state index in [1.807, 2.05) is 12.1 Å². The van der Waals surface area contributed by atoms with E-state index < -0.39 is 0 Å². The number of nitrogens with one attached hydrogen (secondary N) is 1. The Morgan fingerprint density at radius 3 is 2.27 bits per heavy atom. The number of carbonyl (C=O) groups is 1. The first kappa shape index (κ1) is 18.1. The second-order valence-corrected chi connectivity index (χ2v) is 6.64. The fraction of sp³-hybridized carbons (Fsp3) is 0.381. The van der Waals surface area contributed by atoms with Crippen LogP contribution in [-0.4, -0.2) is 32.7 Å². The summed E-state index contributed by atoms with van der Waals surface area (Å²) in [5.74, 6) is 0.981. The molecule has 3 rings (SSSR count). The molecule has 0 spiro atoms. The highest BCUT2D eigenvalue weighted by Crippen LogP contribution is 2.27. The third-order valence-corrected chi connectivity index (χ3v) is 4.87. The van der Waals surface area contributed by atoms with Crippen molar-refractivity contribution in [1.29, 1.82) is 0 Å². The maximum absolute atomic E-state index is 12.6. The summed E-state index contributed by atoms with van der Waals surface area (Å²) in [5.41, 5.74) is 2.47. The molecule has 0 aromatic heterocycles. The number of benzene rings is 2. The van der Waals surface area contributed by atoms with Crippen LogP contribution in [0.15, 0.2) is 42.5 Å². The normalized spacial score (nSPS) is 16.9. The molecule has 0 radical (unpaired) electrons. The van der Waals surface area contributed by atoms with E-state index in [-0.39, 0.29) is 5.91 Å². The summed E-state index contributed by atoms with van der Waals surface area (Å²) in [7, 11) is 3.13. The van der Waals surface area contributed by atoms with Crippen LogP contribution in [0.25, 0.3) is 0 Å². The molecule has 2 aromatic rings. The Bertz CT molecular complexity index is 736. The Labute approximate surface area is 154 Å². The van der Waals surface area contributed by atoms with Crippen LogP contribution in [0.1, 0.15) is 36.5 Å². The van der Waals surface area contributed by atoms with E-state index in [4.69, 9.17) is 9.47 Å². The Hall–Kier alpha value is -2.69. The largest absolute Gasteiger partial charge is 0.497 e. The zero-order valence-corrected chi connectivity index (χ0v) is 15.6. The quantitative estimate of drug-likeness (QED) is 0.868. The van der Waals surface area contributed by atoms with Crippen molar-refractivity contribution in [2.75, 3.05) is 31.0 Å².